The van der Waals surface area contributed by atoms with Gasteiger partial charge in [0.25, 0.3) is 5.56 Å². The number of aromatic nitrogens is 2. The lowest BCUT2D eigenvalue weighted by atomic mass is 10.2. The summed E-state index contributed by atoms with van der Waals surface area (Å²) in [5.41, 5.74) is 3.71. The van der Waals surface area contributed by atoms with Gasteiger partial charge in [0.2, 0.25) is 0 Å². The van der Waals surface area contributed by atoms with Crippen LogP contribution in [0.25, 0.3) is 0 Å². The fourth-order valence-electron chi connectivity index (χ4n) is 2.42. The molecule has 1 aromatic heterocycles. The molecule has 0 aliphatic rings. The Morgan fingerprint density at radius 3 is 2.83 bits per heavy atom. The highest BCUT2D eigenvalue weighted by Crippen LogP contribution is 2.28. The second-order valence-electron chi connectivity index (χ2n) is 5.96. The van der Waals surface area contributed by atoms with Gasteiger partial charge in [0.15, 0.2) is 11.5 Å². The molecule has 0 bridgehead atoms. The van der Waals surface area contributed by atoms with Crippen LogP contribution in [0, 0.1) is 5.82 Å². The van der Waals surface area contributed by atoms with Gasteiger partial charge in [-0.15, -0.1) is 0 Å². The molecule has 150 valence electrons. The monoisotopic (exact) mass is 416 g/mol. The molecular weight excluding hydrogens is 399 g/mol. The molecule has 3 rings (SSSR count). The Kier molecular flexibility index (Phi) is 6.46. The quantitative estimate of drug-likeness (QED) is 0.470. The summed E-state index contributed by atoms with van der Waals surface area (Å²) < 4.78 is 25.9. The van der Waals surface area contributed by atoms with Gasteiger partial charge in [-0.2, -0.15) is 10.2 Å². The number of anilines is 1. The summed E-state index contributed by atoms with van der Waals surface area (Å²) in [6, 6.07) is 11.6. The van der Waals surface area contributed by atoms with E-state index in [1.54, 1.807) is 36.4 Å². The van der Waals surface area contributed by atoms with Crippen molar-refractivity contribution in [1.82, 2.24) is 9.78 Å². The average Bonchev–Trinajstić information content (AvgIpc) is 2.73. The lowest BCUT2D eigenvalue weighted by molar-refractivity contribution is 0.279. The normalized spacial score (nSPS) is 10.9. The number of halogens is 2. The number of hydrogen-bond donors (Lipinski definition) is 1. The minimum Gasteiger partial charge on any atom is -0.493 e. The second-order valence-corrected chi connectivity index (χ2v) is 6.34. The molecule has 0 saturated carbocycles. The largest absolute Gasteiger partial charge is 0.493 e. The highest BCUT2D eigenvalue weighted by Gasteiger charge is 2.08. The first-order valence-electron chi connectivity index (χ1n) is 8.54. The predicted octanol–water partition coefficient (Wildman–Crippen LogP) is 3.61. The summed E-state index contributed by atoms with van der Waals surface area (Å²) in [7, 11) is 3.01. The van der Waals surface area contributed by atoms with Crippen molar-refractivity contribution in [2.75, 3.05) is 12.5 Å². The highest BCUT2D eigenvalue weighted by atomic mass is 35.5. The van der Waals surface area contributed by atoms with E-state index in [2.05, 4.69) is 15.6 Å². The van der Waals surface area contributed by atoms with Crippen LogP contribution in [0.3, 0.4) is 0 Å². The lowest BCUT2D eigenvalue weighted by Crippen LogP contribution is -2.20. The van der Waals surface area contributed by atoms with E-state index in [1.807, 2.05) is 0 Å². The van der Waals surface area contributed by atoms with Crippen LogP contribution in [-0.4, -0.2) is 23.1 Å². The number of ether oxygens (including phenoxy) is 2. The number of benzene rings is 2. The third-order valence-corrected chi connectivity index (χ3v) is 4.37. The van der Waals surface area contributed by atoms with Gasteiger partial charge in [0.1, 0.15) is 23.1 Å². The van der Waals surface area contributed by atoms with E-state index in [1.165, 1.54) is 32.6 Å². The number of nitrogens with zero attached hydrogens (tertiary/aromatic N) is 3. The van der Waals surface area contributed by atoms with E-state index in [0.29, 0.717) is 28.3 Å². The van der Waals surface area contributed by atoms with Crippen LogP contribution in [0.1, 0.15) is 11.1 Å². The van der Waals surface area contributed by atoms with Gasteiger partial charge in [-0.1, -0.05) is 29.8 Å². The zero-order valence-electron chi connectivity index (χ0n) is 15.7. The molecule has 0 fully saturated rings. The molecular formula is C20H18ClFN4O3. The number of nitrogens with one attached hydrogen (secondary N) is 1. The maximum atomic E-state index is 13.7. The Morgan fingerprint density at radius 2 is 2.07 bits per heavy atom. The minimum absolute atomic E-state index is 0.00544. The van der Waals surface area contributed by atoms with Gasteiger partial charge in [-0.05, 0) is 29.8 Å². The molecule has 0 saturated heterocycles. The fraction of sp³-hybridized carbons (Fsp3) is 0.150. The molecule has 0 spiro atoms. The van der Waals surface area contributed by atoms with E-state index < -0.39 is 5.56 Å². The van der Waals surface area contributed by atoms with Crippen LogP contribution in [0.2, 0.25) is 5.02 Å². The van der Waals surface area contributed by atoms with Crippen molar-refractivity contribution in [2.45, 2.75) is 6.61 Å². The van der Waals surface area contributed by atoms with Crippen molar-refractivity contribution in [1.29, 1.82) is 0 Å². The molecule has 3 aromatic rings. The van der Waals surface area contributed by atoms with E-state index in [9.17, 15) is 9.18 Å². The smallest absolute Gasteiger partial charge is 0.287 e. The molecule has 0 radical (unpaired) electrons. The summed E-state index contributed by atoms with van der Waals surface area (Å²) in [6.07, 6.45) is 2.93. The van der Waals surface area contributed by atoms with E-state index in [0.717, 1.165) is 4.68 Å². The standard InChI is InChI=1S/C20H18ClFN4O3/c1-26-20(27)19(21)16(11-24-26)25-23-10-13-7-8-17(18(9-13)28-2)29-12-14-5-3-4-6-15(14)22/h3-11,25H,12H2,1-2H3/b23-10-. The third-order valence-electron chi connectivity index (χ3n) is 4.01. The summed E-state index contributed by atoms with van der Waals surface area (Å²) >= 11 is 5.97. The lowest BCUT2D eigenvalue weighted by Gasteiger charge is -2.11. The Hall–Kier alpha value is -3.39. The first-order chi connectivity index (χ1) is 14.0. The topological polar surface area (TPSA) is 77.7 Å². The van der Waals surface area contributed by atoms with Crippen LogP contribution >= 0.6 is 11.6 Å². The van der Waals surface area contributed by atoms with Crippen LogP contribution in [0.5, 0.6) is 11.5 Å². The van der Waals surface area contributed by atoms with Crippen molar-refractivity contribution >= 4 is 23.5 Å². The number of rotatable bonds is 7. The maximum absolute atomic E-state index is 13.7. The molecule has 7 nitrogen and oxygen atoms in total. The zero-order chi connectivity index (χ0) is 20.8. The van der Waals surface area contributed by atoms with Crippen LogP contribution < -0.4 is 20.5 Å². The number of hydrogen-bond acceptors (Lipinski definition) is 6. The molecule has 0 unspecified atom stereocenters. The van der Waals surface area contributed by atoms with Crippen molar-refractivity contribution in [3.63, 3.8) is 0 Å². The number of hydrazone groups is 1. The predicted molar refractivity (Wildman–Crippen MR) is 109 cm³/mol. The molecule has 0 amide bonds. The zero-order valence-corrected chi connectivity index (χ0v) is 16.5. The van der Waals surface area contributed by atoms with Gasteiger partial charge in [0.05, 0.1) is 19.5 Å². The number of aryl methyl sites for hydroxylation is 1. The van der Waals surface area contributed by atoms with Gasteiger partial charge >= 0.3 is 0 Å². The maximum Gasteiger partial charge on any atom is 0.287 e. The van der Waals surface area contributed by atoms with Crippen molar-refractivity contribution in [3.05, 3.63) is 81.0 Å². The molecule has 29 heavy (non-hydrogen) atoms. The molecule has 0 aliphatic carbocycles. The van der Waals surface area contributed by atoms with Crippen molar-refractivity contribution in [3.8, 4) is 11.5 Å². The number of methoxy groups -OCH3 is 1. The van der Waals surface area contributed by atoms with E-state index >= 15 is 0 Å². The Labute approximate surface area is 171 Å². The molecule has 0 aliphatic heterocycles. The van der Waals surface area contributed by atoms with Gasteiger partial charge in [-0.25, -0.2) is 9.07 Å². The highest BCUT2D eigenvalue weighted by molar-refractivity contribution is 6.32. The molecule has 1 N–H and O–H groups in total. The third kappa shape index (κ3) is 4.91. The van der Waals surface area contributed by atoms with E-state index in [4.69, 9.17) is 21.1 Å². The summed E-state index contributed by atoms with van der Waals surface area (Å²) in [5.74, 6) is 0.614. The van der Waals surface area contributed by atoms with E-state index in [-0.39, 0.29) is 17.4 Å². The minimum atomic E-state index is -0.426. The molecule has 9 heteroatoms. The first kappa shape index (κ1) is 20.3. The van der Waals surface area contributed by atoms with Crippen LogP contribution in [0.15, 0.2) is 58.6 Å². The Balaban J connectivity index is 1.70. The SMILES string of the molecule is COc1cc(/C=N\Nc2cnn(C)c(=O)c2Cl)ccc1OCc1ccccc1F. The Morgan fingerprint density at radius 1 is 1.28 bits per heavy atom. The van der Waals surface area contributed by atoms with Gasteiger partial charge in [-0.3, -0.25) is 10.2 Å². The second kappa shape index (κ2) is 9.20. The summed E-state index contributed by atoms with van der Waals surface area (Å²) in [5, 5.41) is 7.93. The molecule has 1 heterocycles. The summed E-state index contributed by atoms with van der Waals surface area (Å²) in [6.45, 7) is 0.0759. The van der Waals surface area contributed by atoms with Crippen LogP contribution in [-0.2, 0) is 13.7 Å². The van der Waals surface area contributed by atoms with Gasteiger partial charge in [0, 0.05) is 12.6 Å². The Bertz CT molecular complexity index is 1100. The van der Waals surface area contributed by atoms with Crippen LogP contribution in [0.4, 0.5) is 10.1 Å². The fourth-order valence-corrected chi connectivity index (χ4v) is 2.63. The molecule has 0 atom stereocenters. The molecule has 2 aromatic carbocycles. The van der Waals surface area contributed by atoms with Gasteiger partial charge < -0.3 is 9.47 Å². The average molecular weight is 417 g/mol. The summed E-state index contributed by atoms with van der Waals surface area (Å²) in [4.78, 5) is 11.8. The van der Waals surface area contributed by atoms with Crippen molar-refractivity contribution < 1.29 is 13.9 Å². The first-order valence-corrected chi connectivity index (χ1v) is 8.92. The van der Waals surface area contributed by atoms with Crippen molar-refractivity contribution in [2.24, 2.45) is 12.1 Å².